The summed E-state index contributed by atoms with van der Waals surface area (Å²) in [6.45, 7) is 1.75. The summed E-state index contributed by atoms with van der Waals surface area (Å²) in [5.74, 6) is -3.99. The number of carboxylic acids is 4. The van der Waals surface area contributed by atoms with Crippen molar-refractivity contribution in [2.45, 2.75) is 62.9 Å². The summed E-state index contributed by atoms with van der Waals surface area (Å²) < 4.78 is 0. The Morgan fingerprint density at radius 3 is 1.44 bits per heavy atom. The maximum absolute atomic E-state index is 10.4. The Labute approximate surface area is 260 Å². The molecular weight excluding hydrogens is 594 g/mol. The topological polar surface area (TPSA) is 358 Å². The molecule has 0 heterocycles. The van der Waals surface area contributed by atoms with Crippen LogP contribution in [0.3, 0.4) is 0 Å². The molecule has 2 aromatic carbocycles. The lowest BCUT2D eigenvalue weighted by Crippen LogP contribution is -2.39. The van der Waals surface area contributed by atoms with Crippen molar-refractivity contribution in [2.75, 3.05) is 6.54 Å². The van der Waals surface area contributed by atoms with E-state index in [0.29, 0.717) is 25.8 Å². The van der Waals surface area contributed by atoms with Gasteiger partial charge in [-0.25, -0.2) is 0 Å². The second kappa shape index (κ2) is 23.6. The minimum absolute atomic E-state index is 0.0129. The maximum atomic E-state index is 10.4. The molecule has 2 aromatic rings. The molecule has 0 saturated heterocycles. The number of guanidine groups is 1. The normalized spacial score (nSPS) is 13.2. The minimum atomic E-state index is -1.18. The monoisotopic (exact) mass is 639 g/mol. The number of carboxylic acid groups (broad SMARTS) is 4. The van der Waals surface area contributed by atoms with E-state index in [1.807, 2.05) is 30.3 Å². The van der Waals surface area contributed by atoms with Crippen LogP contribution in [-0.4, -0.2) is 97.3 Å². The summed E-state index contributed by atoms with van der Waals surface area (Å²) in [6, 6.07) is 12.0. The summed E-state index contributed by atoms with van der Waals surface area (Å²) in [5.41, 5.74) is 32.7. The van der Waals surface area contributed by atoms with Crippen LogP contribution in [0, 0.1) is 0 Å². The van der Waals surface area contributed by atoms with E-state index in [-0.39, 0.29) is 18.1 Å². The first-order chi connectivity index (χ1) is 20.9. The Morgan fingerprint density at radius 1 is 0.689 bits per heavy atom. The molecular formula is C28H45N7O10. The second-order valence-corrected chi connectivity index (χ2v) is 9.45. The molecule has 2 rings (SSSR count). The SMILES string of the molecule is CC(O)C(N)C(=O)O.NC(Cc1ccc(O)cc1)C(=O)O.NC(Cc1ccccc1)C(=O)O.NC(N)=NCCCC(N)C(=O)O. The first-order valence-corrected chi connectivity index (χ1v) is 13.4. The molecule has 0 aromatic heterocycles. The van der Waals surface area contributed by atoms with Crippen LogP contribution in [0.4, 0.5) is 0 Å². The van der Waals surface area contributed by atoms with Gasteiger partial charge in [0, 0.05) is 6.54 Å². The Hall–Kier alpha value is -4.81. The zero-order valence-electron chi connectivity index (χ0n) is 24.8. The van der Waals surface area contributed by atoms with E-state index in [1.54, 1.807) is 12.1 Å². The molecule has 17 heteroatoms. The van der Waals surface area contributed by atoms with E-state index < -0.39 is 54.1 Å². The largest absolute Gasteiger partial charge is 0.508 e. The number of nitrogens with zero attached hydrogens (tertiary/aromatic N) is 1. The van der Waals surface area contributed by atoms with E-state index in [4.69, 9.17) is 65.0 Å². The van der Waals surface area contributed by atoms with Gasteiger partial charge in [0.15, 0.2) is 5.96 Å². The first kappa shape index (κ1) is 42.3. The number of carbonyl (C=O) groups is 4. The quantitative estimate of drug-likeness (QED) is 0.0654. The van der Waals surface area contributed by atoms with E-state index in [0.717, 1.165) is 11.1 Å². The third-order valence-corrected chi connectivity index (χ3v) is 5.41. The van der Waals surface area contributed by atoms with Gasteiger partial charge >= 0.3 is 23.9 Å². The van der Waals surface area contributed by atoms with Crippen molar-refractivity contribution < 1.29 is 49.8 Å². The first-order valence-electron chi connectivity index (χ1n) is 13.4. The Kier molecular flexibility index (Phi) is 22.2. The highest BCUT2D eigenvalue weighted by atomic mass is 16.4. The lowest BCUT2D eigenvalue weighted by Gasteiger charge is -2.06. The number of phenolic OH excluding ortho intramolecular Hbond substituents is 1. The van der Waals surface area contributed by atoms with Crippen LogP contribution in [0.1, 0.15) is 30.9 Å². The number of aliphatic carboxylic acids is 4. The summed E-state index contributed by atoms with van der Waals surface area (Å²) in [5, 5.41) is 50.9. The van der Waals surface area contributed by atoms with E-state index in [9.17, 15) is 19.2 Å². The van der Waals surface area contributed by atoms with Gasteiger partial charge in [0.05, 0.1) is 6.10 Å². The highest BCUT2D eigenvalue weighted by Crippen LogP contribution is 2.10. The fourth-order valence-electron chi connectivity index (χ4n) is 2.78. The lowest BCUT2D eigenvalue weighted by molar-refractivity contribution is -0.141. The molecule has 0 fully saturated rings. The molecule has 0 bridgehead atoms. The van der Waals surface area contributed by atoms with Crippen molar-refractivity contribution >= 4 is 29.8 Å². The number of phenols is 1. The average Bonchev–Trinajstić information content (AvgIpc) is 2.97. The molecule has 45 heavy (non-hydrogen) atoms. The summed E-state index contributed by atoms with van der Waals surface area (Å²) in [7, 11) is 0. The number of hydrogen-bond acceptors (Lipinski definition) is 11. The zero-order chi connectivity index (χ0) is 35.1. The predicted molar refractivity (Wildman–Crippen MR) is 166 cm³/mol. The number of rotatable bonds is 13. The standard InChI is InChI=1S/C9H11NO3.C9H11NO2.C6H14N4O2.C4H9NO3/c10-8(9(12)13)5-6-1-3-7(11)4-2-6;10-8(9(11)12)6-7-4-2-1-3-5-7;7-4(5(11)12)2-1-3-10-6(8)9;1-2(6)3(5)4(7)8/h1-4,8,11H,5,10H2,(H,12,13);1-5,8H,6,10H2,(H,11,12);4H,1-3,7H2,(H,11,12)(H4,8,9,10);2-3,6H,5H2,1H3,(H,7,8). The molecule has 0 spiro atoms. The number of aliphatic hydroxyl groups excluding tert-OH is 1. The van der Waals surface area contributed by atoms with Gasteiger partial charge in [-0.05, 0) is 55.9 Å². The van der Waals surface area contributed by atoms with E-state index in [2.05, 4.69) is 4.99 Å². The molecule has 0 aliphatic carbocycles. The van der Waals surface area contributed by atoms with Gasteiger partial charge in [-0.1, -0.05) is 42.5 Å². The fourth-order valence-corrected chi connectivity index (χ4v) is 2.78. The number of aliphatic imine (C=N–C) groups is 1. The number of hydrogen-bond donors (Lipinski definition) is 12. The highest BCUT2D eigenvalue weighted by molar-refractivity contribution is 5.76. The van der Waals surface area contributed by atoms with Gasteiger partial charge < -0.3 is 65.0 Å². The molecule has 5 unspecified atom stereocenters. The van der Waals surface area contributed by atoms with Crippen LogP contribution in [0.25, 0.3) is 0 Å². The second-order valence-electron chi connectivity index (χ2n) is 9.45. The number of aromatic hydroxyl groups is 1. The lowest BCUT2D eigenvalue weighted by atomic mass is 10.1. The van der Waals surface area contributed by atoms with Crippen LogP contribution in [0.2, 0.25) is 0 Å². The Bertz CT molecular complexity index is 1180. The summed E-state index contributed by atoms with van der Waals surface area (Å²) in [4.78, 5) is 44.5. The van der Waals surface area contributed by atoms with Crippen molar-refractivity contribution in [2.24, 2.45) is 39.4 Å². The fraction of sp³-hybridized carbons (Fsp3) is 0.393. The molecule has 17 nitrogen and oxygen atoms in total. The van der Waals surface area contributed by atoms with Crippen molar-refractivity contribution in [3.8, 4) is 5.75 Å². The number of aliphatic hydroxyl groups is 1. The van der Waals surface area contributed by atoms with Crippen LogP contribution >= 0.6 is 0 Å². The zero-order valence-corrected chi connectivity index (χ0v) is 24.8. The van der Waals surface area contributed by atoms with Gasteiger partial charge in [0.2, 0.25) is 0 Å². The Balaban J connectivity index is 0. The van der Waals surface area contributed by atoms with E-state index in [1.165, 1.54) is 19.1 Å². The van der Waals surface area contributed by atoms with E-state index >= 15 is 0 Å². The van der Waals surface area contributed by atoms with Crippen LogP contribution in [0.15, 0.2) is 59.6 Å². The molecule has 0 aliphatic rings. The third-order valence-electron chi connectivity index (χ3n) is 5.41. The highest BCUT2D eigenvalue weighted by Gasteiger charge is 2.16. The molecule has 0 radical (unpaired) electrons. The van der Waals surface area contributed by atoms with Crippen LogP contribution < -0.4 is 34.4 Å². The Morgan fingerprint density at radius 2 is 1.11 bits per heavy atom. The van der Waals surface area contributed by atoms with Crippen LogP contribution in [0.5, 0.6) is 5.75 Å². The third kappa shape index (κ3) is 23.3. The van der Waals surface area contributed by atoms with Gasteiger partial charge in [0.25, 0.3) is 0 Å². The van der Waals surface area contributed by atoms with Gasteiger partial charge in [-0.2, -0.15) is 0 Å². The number of benzene rings is 2. The summed E-state index contributed by atoms with van der Waals surface area (Å²) in [6.07, 6.45) is 0.635. The molecule has 0 aliphatic heterocycles. The maximum Gasteiger partial charge on any atom is 0.323 e. The molecule has 0 saturated carbocycles. The van der Waals surface area contributed by atoms with Gasteiger partial charge in [0.1, 0.15) is 29.9 Å². The van der Waals surface area contributed by atoms with Crippen molar-refractivity contribution in [3.63, 3.8) is 0 Å². The summed E-state index contributed by atoms with van der Waals surface area (Å²) >= 11 is 0. The minimum Gasteiger partial charge on any atom is -0.508 e. The predicted octanol–water partition coefficient (Wildman–Crippen LogP) is -1.78. The van der Waals surface area contributed by atoms with Crippen molar-refractivity contribution in [1.82, 2.24) is 0 Å². The van der Waals surface area contributed by atoms with Gasteiger partial charge in [-0.3, -0.25) is 24.2 Å². The van der Waals surface area contributed by atoms with Crippen molar-refractivity contribution in [1.29, 1.82) is 0 Å². The molecule has 5 atom stereocenters. The smallest absolute Gasteiger partial charge is 0.323 e. The molecule has 18 N–H and O–H groups in total. The average molecular weight is 640 g/mol. The van der Waals surface area contributed by atoms with Crippen molar-refractivity contribution in [3.05, 3.63) is 65.7 Å². The molecule has 252 valence electrons. The van der Waals surface area contributed by atoms with Crippen LogP contribution in [-0.2, 0) is 32.0 Å². The molecule has 0 amide bonds. The number of nitrogens with two attached hydrogens (primary N) is 6. The van der Waals surface area contributed by atoms with Gasteiger partial charge in [-0.15, -0.1) is 0 Å².